The second-order valence-corrected chi connectivity index (χ2v) is 5.13. The van der Waals surface area contributed by atoms with Crippen molar-refractivity contribution in [3.8, 4) is 0 Å². The zero-order valence-corrected chi connectivity index (χ0v) is 13.0. The molecule has 1 heterocycles. The van der Waals surface area contributed by atoms with Crippen LogP contribution in [0.15, 0.2) is 23.1 Å². The number of Topliss-reactive ketones (excluding diaryl/α,β-unsaturated/α-hetero) is 1. The molecule has 20 heavy (non-hydrogen) atoms. The molecule has 8 nitrogen and oxygen atoms in total. The van der Waals surface area contributed by atoms with Crippen LogP contribution in [0, 0.1) is 0 Å². The van der Waals surface area contributed by atoms with E-state index >= 15 is 0 Å². The molecule has 0 aliphatic carbocycles. The summed E-state index contributed by atoms with van der Waals surface area (Å²) >= 11 is 0. The minimum absolute atomic E-state index is 0. The molecular formula is C10H6NNaO7S. The number of benzene rings is 1. The summed E-state index contributed by atoms with van der Waals surface area (Å²) in [7, 11) is -4.75. The number of carboxylic acid groups (broad SMARTS) is 1. The van der Waals surface area contributed by atoms with E-state index in [4.69, 9.17) is 5.11 Å². The van der Waals surface area contributed by atoms with Gasteiger partial charge < -0.3 is 9.66 Å². The maximum Gasteiger partial charge on any atom is 1.00 e. The SMILES string of the molecule is O=C(O)CN1C(=O)C(=O)c2cc(S(=O)(=O)[O-])ccc21.[Na+]. The van der Waals surface area contributed by atoms with Gasteiger partial charge in [0.1, 0.15) is 16.7 Å². The van der Waals surface area contributed by atoms with Crippen LogP contribution in [0.2, 0.25) is 0 Å². The number of carboxylic acids is 1. The minimum atomic E-state index is -4.75. The van der Waals surface area contributed by atoms with Gasteiger partial charge in [0.15, 0.2) is 0 Å². The number of ketones is 1. The average molecular weight is 307 g/mol. The van der Waals surface area contributed by atoms with Crippen LogP contribution in [0.25, 0.3) is 0 Å². The van der Waals surface area contributed by atoms with E-state index < -0.39 is 39.2 Å². The molecule has 0 bridgehead atoms. The van der Waals surface area contributed by atoms with Gasteiger partial charge in [0.2, 0.25) is 0 Å². The Kier molecular flexibility index (Phi) is 4.72. The number of anilines is 1. The third kappa shape index (κ3) is 2.91. The van der Waals surface area contributed by atoms with E-state index in [0.717, 1.165) is 18.2 Å². The van der Waals surface area contributed by atoms with Gasteiger partial charge >= 0.3 is 35.5 Å². The van der Waals surface area contributed by atoms with Crippen molar-refractivity contribution in [2.45, 2.75) is 4.90 Å². The van der Waals surface area contributed by atoms with Crippen LogP contribution in [0.4, 0.5) is 5.69 Å². The molecule has 0 unspecified atom stereocenters. The Balaban J connectivity index is 0.00000200. The van der Waals surface area contributed by atoms with E-state index in [9.17, 15) is 27.4 Å². The summed E-state index contributed by atoms with van der Waals surface area (Å²) in [6, 6.07) is 2.76. The first-order valence-corrected chi connectivity index (χ1v) is 6.30. The van der Waals surface area contributed by atoms with Crippen LogP contribution < -0.4 is 34.5 Å². The normalized spacial score (nSPS) is 13.9. The number of rotatable bonds is 3. The quantitative estimate of drug-likeness (QED) is 0.344. The molecule has 0 saturated heterocycles. The molecule has 10 heteroatoms. The maximum absolute atomic E-state index is 11.6. The van der Waals surface area contributed by atoms with E-state index in [2.05, 4.69) is 0 Å². The summed E-state index contributed by atoms with van der Waals surface area (Å²) in [5, 5.41) is 8.64. The van der Waals surface area contributed by atoms with Gasteiger partial charge in [-0.1, -0.05) is 0 Å². The van der Waals surface area contributed by atoms with Gasteiger partial charge in [0, 0.05) is 0 Å². The monoisotopic (exact) mass is 307 g/mol. The molecule has 1 aromatic rings. The fourth-order valence-corrected chi connectivity index (χ4v) is 2.22. The molecule has 0 aromatic heterocycles. The summed E-state index contributed by atoms with van der Waals surface area (Å²) in [6.07, 6.45) is 0. The Morgan fingerprint density at radius 2 is 1.90 bits per heavy atom. The van der Waals surface area contributed by atoms with E-state index in [1.165, 1.54) is 0 Å². The molecule has 2 rings (SSSR count). The number of hydrogen-bond donors (Lipinski definition) is 1. The van der Waals surface area contributed by atoms with Gasteiger partial charge in [-0.2, -0.15) is 0 Å². The van der Waals surface area contributed by atoms with Crippen LogP contribution >= 0.6 is 0 Å². The second kappa shape index (κ2) is 5.62. The van der Waals surface area contributed by atoms with E-state index in [-0.39, 0.29) is 40.8 Å². The Morgan fingerprint density at radius 3 is 2.40 bits per heavy atom. The van der Waals surface area contributed by atoms with Crippen molar-refractivity contribution in [3.05, 3.63) is 23.8 Å². The molecule has 1 aliphatic heterocycles. The molecule has 100 valence electrons. The molecule has 1 amide bonds. The number of carbonyl (C=O) groups excluding carboxylic acids is 2. The molecule has 0 atom stereocenters. The first-order valence-electron chi connectivity index (χ1n) is 4.90. The minimum Gasteiger partial charge on any atom is -0.744 e. The van der Waals surface area contributed by atoms with E-state index in [1.807, 2.05) is 0 Å². The average Bonchev–Trinajstić information content (AvgIpc) is 2.53. The number of nitrogens with zero attached hydrogens (tertiary/aromatic N) is 1. The van der Waals surface area contributed by atoms with Crippen molar-refractivity contribution in [2.24, 2.45) is 0 Å². The van der Waals surface area contributed by atoms with Gasteiger partial charge in [-0.25, -0.2) is 8.42 Å². The van der Waals surface area contributed by atoms with E-state index in [0.29, 0.717) is 4.90 Å². The van der Waals surface area contributed by atoms with Crippen LogP contribution in [-0.2, 0) is 19.7 Å². The zero-order chi connectivity index (χ0) is 14.4. The van der Waals surface area contributed by atoms with Gasteiger partial charge in [0.25, 0.3) is 11.7 Å². The summed E-state index contributed by atoms with van der Waals surface area (Å²) in [5.74, 6) is -3.44. The van der Waals surface area contributed by atoms with Crippen LogP contribution in [0.3, 0.4) is 0 Å². The molecule has 0 fully saturated rings. The molecule has 1 aromatic carbocycles. The standard InChI is InChI=1S/C10H7NO7S.Na/c12-8(13)4-11-7-2-1-5(19(16,17)18)3-6(7)9(14)10(11)15;/h1-3H,4H2,(H,12,13)(H,16,17,18);/q;+1/p-1. The molecular weight excluding hydrogens is 301 g/mol. The number of aliphatic carboxylic acids is 1. The first-order chi connectivity index (χ1) is 8.71. The molecule has 1 N–H and O–H groups in total. The topological polar surface area (TPSA) is 132 Å². The molecule has 0 spiro atoms. The fraction of sp³-hybridized carbons (Fsp3) is 0.100. The Hall–Kier alpha value is -1.26. The smallest absolute Gasteiger partial charge is 0.744 e. The summed E-state index contributed by atoms with van der Waals surface area (Å²) < 4.78 is 32.5. The zero-order valence-electron chi connectivity index (χ0n) is 10.2. The van der Waals surface area contributed by atoms with Crippen molar-refractivity contribution >= 4 is 33.5 Å². The van der Waals surface area contributed by atoms with Crippen molar-refractivity contribution in [1.82, 2.24) is 0 Å². The largest absolute Gasteiger partial charge is 1.00 e. The third-order valence-electron chi connectivity index (χ3n) is 2.52. The van der Waals surface area contributed by atoms with Crippen molar-refractivity contribution in [1.29, 1.82) is 0 Å². The van der Waals surface area contributed by atoms with Crippen molar-refractivity contribution < 1.29 is 62.0 Å². The van der Waals surface area contributed by atoms with Crippen LogP contribution in [0.1, 0.15) is 10.4 Å². The summed E-state index contributed by atoms with van der Waals surface area (Å²) in [6.45, 7) is -0.721. The predicted octanol–water partition coefficient (Wildman–Crippen LogP) is -3.79. The number of fused-ring (bicyclic) bond motifs is 1. The Bertz CT molecular complexity index is 712. The predicted molar refractivity (Wildman–Crippen MR) is 58.7 cm³/mol. The van der Waals surface area contributed by atoms with Crippen molar-refractivity contribution in [3.63, 3.8) is 0 Å². The van der Waals surface area contributed by atoms with Gasteiger partial charge in [-0.3, -0.25) is 19.3 Å². The molecule has 0 radical (unpaired) electrons. The summed E-state index contributed by atoms with van der Waals surface area (Å²) in [5.41, 5.74) is -0.312. The van der Waals surface area contributed by atoms with Gasteiger partial charge in [0.05, 0.1) is 16.1 Å². The number of hydrogen-bond acceptors (Lipinski definition) is 6. The second-order valence-electron chi connectivity index (χ2n) is 3.75. The number of amides is 1. The van der Waals surface area contributed by atoms with Gasteiger partial charge in [-0.15, -0.1) is 0 Å². The molecule has 0 saturated carbocycles. The van der Waals surface area contributed by atoms with E-state index in [1.54, 1.807) is 0 Å². The van der Waals surface area contributed by atoms with Crippen LogP contribution in [-0.4, -0.2) is 42.3 Å². The van der Waals surface area contributed by atoms with Crippen LogP contribution in [0.5, 0.6) is 0 Å². The Morgan fingerprint density at radius 1 is 1.30 bits per heavy atom. The number of carbonyl (C=O) groups is 3. The fourth-order valence-electron chi connectivity index (χ4n) is 1.73. The third-order valence-corrected chi connectivity index (χ3v) is 3.36. The van der Waals surface area contributed by atoms with Gasteiger partial charge in [-0.05, 0) is 18.2 Å². The van der Waals surface area contributed by atoms with Crippen molar-refractivity contribution in [2.75, 3.05) is 11.4 Å². The first kappa shape index (κ1) is 16.8. The molecule has 1 aliphatic rings. The summed E-state index contributed by atoms with van der Waals surface area (Å²) in [4.78, 5) is 33.8. The Labute approximate surface area is 135 Å². The maximum atomic E-state index is 11.6.